The first kappa shape index (κ1) is 12.2. The van der Waals surface area contributed by atoms with E-state index in [0.717, 1.165) is 12.3 Å². The zero-order chi connectivity index (χ0) is 8.10. The van der Waals surface area contributed by atoms with Gasteiger partial charge in [0.2, 0.25) is 0 Å². The molecule has 1 aliphatic rings. The van der Waals surface area contributed by atoms with E-state index in [1.165, 1.54) is 32.1 Å². The second-order valence-electron chi connectivity index (χ2n) is 3.67. The van der Waals surface area contributed by atoms with Crippen LogP contribution >= 0.6 is 12.4 Å². The monoisotopic (exact) mass is 193 g/mol. The second kappa shape index (κ2) is 6.70. The van der Waals surface area contributed by atoms with Crippen LogP contribution < -0.4 is 5.73 Å². The van der Waals surface area contributed by atoms with Crippen molar-refractivity contribution >= 4 is 12.4 Å². The summed E-state index contributed by atoms with van der Waals surface area (Å²) in [7, 11) is 0. The van der Waals surface area contributed by atoms with Gasteiger partial charge in [0.25, 0.3) is 0 Å². The van der Waals surface area contributed by atoms with Crippen LogP contribution in [-0.4, -0.2) is 17.8 Å². The Morgan fingerprint density at radius 1 is 1.33 bits per heavy atom. The third-order valence-corrected chi connectivity index (χ3v) is 2.65. The van der Waals surface area contributed by atoms with E-state index in [4.69, 9.17) is 10.8 Å². The van der Waals surface area contributed by atoms with Gasteiger partial charge in [0.15, 0.2) is 0 Å². The van der Waals surface area contributed by atoms with Crippen LogP contribution in [0.1, 0.15) is 38.5 Å². The standard InChI is InChI=1S/C9H19NO.ClH/c10-9(7-11)6-5-8-3-1-2-4-8;/h8-9,11H,1-7,10H2;1H. The van der Waals surface area contributed by atoms with Crippen LogP contribution in [0.3, 0.4) is 0 Å². The van der Waals surface area contributed by atoms with Gasteiger partial charge in [-0.05, 0) is 18.8 Å². The predicted octanol–water partition coefficient (Wildman–Crippen LogP) is 1.70. The first-order valence-corrected chi connectivity index (χ1v) is 4.69. The average Bonchev–Trinajstić information content (AvgIpc) is 2.52. The Morgan fingerprint density at radius 2 is 1.92 bits per heavy atom. The summed E-state index contributed by atoms with van der Waals surface area (Å²) in [6.07, 6.45) is 7.80. The van der Waals surface area contributed by atoms with Crippen molar-refractivity contribution in [2.75, 3.05) is 6.61 Å². The number of hydrogen-bond acceptors (Lipinski definition) is 2. The fourth-order valence-corrected chi connectivity index (χ4v) is 1.84. The van der Waals surface area contributed by atoms with Crippen molar-refractivity contribution in [2.24, 2.45) is 11.7 Å². The molecule has 0 radical (unpaired) electrons. The van der Waals surface area contributed by atoms with E-state index >= 15 is 0 Å². The van der Waals surface area contributed by atoms with Crippen LogP contribution in [0.15, 0.2) is 0 Å². The lowest BCUT2D eigenvalue weighted by molar-refractivity contribution is 0.252. The molecule has 1 atom stereocenters. The maximum Gasteiger partial charge on any atom is 0.0582 e. The minimum Gasteiger partial charge on any atom is -0.395 e. The van der Waals surface area contributed by atoms with Crippen LogP contribution in [0.2, 0.25) is 0 Å². The van der Waals surface area contributed by atoms with Crippen LogP contribution in [0, 0.1) is 5.92 Å². The van der Waals surface area contributed by atoms with Gasteiger partial charge in [0, 0.05) is 6.04 Å². The predicted molar refractivity (Wildman–Crippen MR) is 53.5 cm³/mol. The van der Waals surface area contributed by atoms with Crippen molar-refractivity contribution in [3.05, 3.63) is 0 Å². The van der Waals surface area contributed by atoms with Crippen LogP contribution in [-0.2, 0) is 0 Å². The van der Waals surface area contributed by atoms with Gasteiger partial charge in [-0.1, -0.05) is 25.7 Å². The molecule has 0 aromatic heterocycles. The highest BCUT2D eigenvalue weighted by atomic mass is 35.5. The third kappa shape index (κ3) is 4.29. The van der Waals surface area contributed by atoms with Crippen molar-refractivity contribution in [1.29, 1.82) is 0 Å². The van der Waals surface area contributed by atoms with Gasteiger partial charge in [-0.2, -0.15) is 0 Å². The van der Waals surface area contributed by atoms with Crippen molar-refractivity contribution in [3.8, 4) is 0 Å². The number of rotatable bonds is 4. The molecule has 3 heteroatoms. The lowest BCUT2D eigenvalue weighted by Crippen LogP contribution is -2.24. The molecule has 0 saturated heterocycles. The highest BCUT2D eigenvalue weighted by Crippen LogP contribution is 2.28. The van der Waals surface area contributed by atoms with E-state index in [0.29, 0.717) is 0 Å². The molecule has 1 aliphatic carbocycles. The van der Waals surface area contributed by atoms with Gasteiger partial charge in [-0.25, -0.2) is 0 Å². The fraction of sp³-hybridized carbons (Fsp3) is 1.00. The van der Waals surface area contributed by atoms with E-state index in [1.807, 2.05) is 0 Å². The number of hydrogen-bond donors (Lipinski definition) is 2. The third-order valence-electron chi connectivity index (χ3n) is 2.65. The molecule has 0 aromatic rings. The van der Waals surface area contributed by atoms with Gasteiger partial charge in [0.05, 0.1) is 6.61 Å². The van der Waals surface area contributed by atoms with Gasteiger partial charge in [0.1, 0.15) is 0 Å². The average molecular weight is 194 g/mol. The lowest BCUT2D eigenvalue weighted by atomic mass is 9.99. The highest BCUT2D eigenvalue weighted by molar-refractivity contribution is 5.85. The van der Waals surface area contributed by atoms with Crippen LogP contribution in [0.25, 0.3) is 0 Å². The number of aliphatic hydroxyl groups excluding tert-OH is 1. The van der Waals surface area contributed by atoms with Crippen molar-refractivity contribution < 1.29 is 5.11 Å². The molecule has 0 heterocycles. The Hall–Kier alpha value is 0.210. The Morgan fingerprint density at radius 3 is 2.42 bits per heavy atom. The molecule has 0 spiro atoms. The highest BCUT2D eigenvalue weighted by Gasteiger charge is 2.15. The number of nitrogens with two attached hydrogens (primary N) is 1. The molecule has 74 valence electrons. The largest absolute Gasteiger partial charge is 0.395 e. The molecule has 0 amide bonds. The number of aliphatic hydroxyl groups is 1. The molecule has 0 aromatic carbocycles. The molecular formula is C9H20ClNO. The quantitative estimate of drug-likeness (QED) is 0.714. The molecule has 1 fully saturated rings. The minimum atomic E-state index is 0. The van der Waals surface area contributed by atoms with Crippen molar-refractivity contribution in [1.82, 2.24) is 0 Å². The van der Waals surface area contributed by atoms with Crippen LogP contribution in [0.4, 0.5) is 0 Å². The van der Waals surface area contributed by atoms with Crippen molar-refractivity contribution in [3.63, 3.8) is 0 Å². The smallest absolute Gasteiger partial charge is 0.0582 e. The first-order valence-electron chi connectivity index (χ1n) is 4.69. The molecular weight excluding hydrogens is 174 g/mol. The SMILES string of the molecule is Cl.NC(CO)CCC1CCCC1. The molecule has 0 aliphatic heterocycles. The molecule has 0 bridgehead atoms. The molecule has 12 heavy (non-hydrogen) atoms. The molecule has 1 unspecified atom stereocenters. The Balaban J connectivity index is 0.00000121. The summed E-state index contributed by atoms with van der Waals surface area (Å²) in [5, 5.41) is 8.68. The van der Waals surface area contributed by atoms with Gasteiger partial charge in [-0.3, -0.25) is 0 Å². The summed E-state index contributed by atoms with van der Waals surface area (Å²) in [4.78, 5) is 0. The topological polar surface area (TPSA) is 46.2 Å². The maximum atomic E-state index is 8.68. The summed E-state index contributed by atoms with van der Waals surface area (Å²) in [5.41, 5.74) is 5.60. The molecule has 2 nitrogen and oxygen atoms in total. The minimum absolute atomic E-state index is 0. The van der Waals surface area contributed by atoms with Crippen molar-refractivity contribution in [2.45, 2.75) is 44.6 Å². The van der Waals surface area contributed by atoms with Gasteiger partial charge in [-0.15, -0.1) is 12.4 Å². The first-order chi connectivity index (χ1) is 5.33. The zero-order valence-electron chi connectivity index (χ0n) is 7.54. The van der Waals surface area contributed by atoms with Gasteiger partial charge < -0.3 is 10.8 Å². The maximum absolute atomic E-state index is 8.68. The Bertz CT molecular complexity index is 105. The van der Waals surface area contributed by atoms with E-state index in [9.17, 15) is 0 Å². The Labute approximate surface area is 80.9 Å². The summed E-state index contributed by atoms with van der Waals surface area (Å²) >= 11 is 0. The fourth-order valence-electron chi connectivity index (χ4n) is 1.84. The van der Waals surface area contributed by atoms with Gasteiger partial charge >= 0.3 is 0 Å². The van der Waals surface area contributed by atoms with E-state index in [1.54, 1.807) is 0 Å². The molecule has 1 saturated carbocycles. The second-order valence-corrected chi connectivity index (χ2v) is 3.67. The lowest BCUT2D eigenvalue weighted by Gasteiger charge is -2.11. The van der Waals surface area contributed by atoms with E-state index in [2.05, 4.69) is 0 Å². The summed E-state index contributed by atoms with van der Waals surface area (Å²) in [6, 6.07) is 0.0237. The van der Waals surface area contributed by atoms with E-state index in [-0.39, 0.29) is 25.1 Å². The zero-order valence-corrected chi connectivity index (χ0v) is 8.35. The normalized spacial score (nSPS) is 20.5. The summed E-state index contributed by atoms with van der Waals surface area (Å²) < 4.78 is 0. The Kier molecular flexibility index (Phi) is 6.81. The summed E-state index contributed by atoms with van der Waals surface area (Å²) in [6.45, 7) is 0.146. The van der Waals surface area contributed by atoms with E-state index < -0.39 is 0 Å². The van der Waals surface area contributed by atoms with Crippen LogP contribution in [0.5, 0.6) is 0 Å². The number of halogens is 1. The summed E-state index contributed by atoms with van der Waals surface area (Å²) in [5.74, 6) is 0.910. The molecule has 3 N–H and O–H groups in total. The molecule has 1 rings (SSSR count).